The molecule has 1 atom stereocenters. The molecule has 0 spiro atoms. The summed E-state index contributed by atoms with van der Waals surface area (Å²) in [5, 5.41) is 16.6. The van der Waals surface area contributed by atoms with Gasteiger partial charge in [-0.1, -0.05) is 46.7 Å². The molecule has 0 heterocycles. The lowest BCUT2D eigenvalue weighted by molar-refractivity contribution is -0.137. The molecule has 0 aromatic heterocycles. The maximum Gasteiger partial charge on any atom is 0.416 e. The van der Waals surface area contributed by atoms with Crippen molar-refractivity contribution < 1.29 is 32.7 Å². The van der Waals surface area contributed by atoms with Crippen molar-refractivity contribution in [3.05, 3.63) is 70.8 Å². The highest BCUT2D eigenvalue weighted by Crippen LogP contribution is 2.34. The van der Waals surface area contributed by atoms with Crippen LogP contribution in [0.4, 0.5) is 13.2 Å². The van der Waals surface area contributed by atoms with Crippen LogP contribution in [0.15, 0.2) is 58.8 Å². The number of aliphatic carboxylic acids is 1. The van der Waals surface area contributed by atoms with Gasteiger partial charge in [0.25, 0.3) is 0 Å². The summed E-state index contributed by atoms with van der Waals surface area (Å²) in [6.45, 7) is 1.57. The SMILES string of the molecule is CC=NOC(c1cccc(C(F)(F)F)c1)c1ccccc1C(=NOC)C(=O)O. The molecule has 0 amide bonds. The Morgan fingerprint density at radius 1 is 1.18 bits per heavy atom. The van der Waals surface area contributed by atoms with E-state index in [9.17, 15) is 23.1 Å². The number of nitrogens with zero attached hydrogens (tertiary/aromatic N) is 2. The number of carboxylic acid groups (broad SMARTS) is 1. The van der Waals surface area contributed by atoms with Gasteiger partial charge in [-0.3, -0.25) is 0 Å². The Balaban J connectivity index is 2.66. The minimum Gasteiger partial charge on any atom is -0.476 e. The molecule has 0 saturated carbocycles. The van der Waals surface area contributed by atoms with Gasteiger partial charge in [0.15, 0.2) is 11.8 Å². The molecule has 0 aliphatic carbocycles. The summed E-state index contributed by atoms with van der Waals surface area (Å²) in [5.74, 6) is -1.36. The summed E-state index contributed by atoms with van der Waals surface area (Å²) < 4.78 is 39.3. The Morgan fingerprint density at radius 3 is 2.50 bits per heavy atom. The van der Waals surface area contributed by atoms with Crippen molar-refractivity contribution in [3.8, 4) is 0 Å². The van der Waals surface area contributed by atoms with Gasteiger partial charge in [0.05, 0.1) is 5.56 Å². The van der Waals surface area contributed by atoms with Crippen LogP contribution in [0.25, 0.3) is 0 Å². The smallest absolute Gasteiger partial charge is 0.416 e. The van der Waals surface area contributed by atoms with E-state index in [0.717, 1.165) is 12.1 Å². The van der Waals surface area contributed by atoms with E-state index in [-0.39, 0.29) is 16.7 Å². The molecule has 6 nitrogen and oxygen atoms in total. The Labute approximate surface area is 158 Å². The zero-order valence-electron chi connectivity index (χ0n) is 15.0. The molecular formula is C19H17F3N2O4. The van der Waals surface area contributed by atoms with Crippen molar-refractivity contribution in [2.24, 2.45) is 10.3 Å². The van der Waals surface area contributed by atoms with E-state index in [2.05, 4.69) is 15.1 Å². The largest absolute Gasteiger partial charge is 0.476 e. The summed E-state index contributed by atoms with van der Waals surface area (Å²) >= 11 is 0. The highest BCUT2D eigenvalue weighted by atomic mass is 19.4. The highest BCUT2D eigenvalue weighted by Gasteiger charge is 2.32. The molecule has 2 aromatic carbocycles. The van der Waals surface area contributed by atoms with Gasteiger partial charge in [-0.15, -0.1) is 0 Å². The fourth-order valence-corrected chi connectivity index (χ4v) is 2.53. The number of benzene rings is 2. The number of carbonyl (C=O) groups is 1. The number of oxime groups is 2. The fourth-order valence-electron chi connectivity index (χ4n) is 2.53. The van der Waals surface area contributed by atoms with Crippen LogP contribution in [-0.2, 0) is 20.6 Å². The Bertz CT molecular complexity index is 895. The molecule has 9 heteroatoms. The van der Waals surface area contributed by atoms with Crippen molar-refractivity contribution in [1.29, 1.82) is 0 Å². The predicted molar refractivity (Wildman–Crippen MR) is 96.2 cm³/mol. The Hall–Kier alpha value is -3.36. The second kappa shape index (κ2) is 9.03. The van der Waals surface area contributed by atoms with Crippen LogP contribution in [0.1, 0.15) is 35.3 Å². The van der Waals surface area contributed by atoms with Gasteiger partial charge in [0, 0.05) is 22.9 Å². The van der Waals surface area contributed by atoms with Crippen LogP contribution in [0.5, 0.6) is 0 Å². The second-order valence-electron chi connectivity index (χ2n) is 5.49. The van der Waals surface area contributed by atoms with Crippen LogP contribution in [-0.4, -0.2) is 30.1 Å². The van der Waals surface area contributed by atoms with Crippen LogP contribution < -0.4 is 0 Å². The second-order valence-corrected chi connectivity index (χ2v) is 5.49. The standard InChI is InChI=1S/C19H17F3N2O4/c1-3-23-28-17(12-7-6-8-13(11-12)19(20,21)22)15-10-5-4-9-14(15)16(18(25)26)24-27-2/h3-11,17H,1-2H3,(H,25,26). The van der Waals surface area contributed by atoms with Crippen molar-refractivity contribution in [1.82, 2.24) is 0 Å². The van der Waals surface area contributed by atoms with Crippen molar-refractivity contribution >= 4 is 17.9 Å². The summed E-state index contributed by atoms with van der Waals surface area (Å²) in [7, 11) is 1.19. The van der Waals surface area contributed by atoms with Crippen molar-refractivity contribution in [2.45, 2.75) is 19.2 Å². The summed E-state index contributed by atoms with van der Waals surface area (Å²) in [6, 6.07) is 10.7. The molecule has 2 rings (SSSR count). The van der Waals surface area contributed by atoms with E-state index in [1.807, 2.05) is 0 Å². The third-order valence-electron chi connectivity index (χ3n) is 3.67. The van der Waals surface area contributed by atoms with Gasteiger partial charge in [-0.25, -0.2) is 4.79 Å². The highest BCUT2D eigenvalue weighted by molar-refractivity contribution is 6.42. The monoisotopic (exact) mass is 394 g/mol. The normalized spacial score (nSPS) is 13.4. The first-order valence-electron chi connectivity index (χ1n) is 8.04. The topological polar surface area (TPSA) is 80.5 Å². The average molecular weight is 394 g/mol. The van der Waals surface area contributed by atoms with Crippen LogP contribution in [0, 0.1) is 0 Å². The quantitative estimate of drug-likeness (QED) is 0.562. The number of alkyl halides is 3. The van der Waals surface area contributed by atoms with Crippen LogP contribution in [0.2, 0.25) is 0 Å². The van der Waals surface area contributed by atoms with Crippen LogP contribution in [0.3, 0.4) is 0 Å². The number of hydrogen-bond acceptors (Lipinski definition) is 5. The summed E-state index contributed by atoms with van der Waals surface area (Å²) in [6.07, 6.45) is -4.32. The third kappa shape index (κ3) is 4.87. The lowest BCUT2D eigenvalue weighted by atomic mass is 9.93. The summed E-state index contributed by atoms with van der Waals surface area (Å²) in [5.41, 5.74) is -0.731. The average Bonchev–Trinajstić information content (AvgIpc) is 2.66. The zero-order valence-corrected chi connectivity index (χ0v) is 15.0. The van der Waals surface area contributed by atoms with E-state index >= 15 is 0 Å². The molecule has 1 unspecified atom stereocenters. The molecule has 0 saturated heterocycles. The van der Waals surface area contributed by atoms with Crippen LogP contribution >= 0.6 is 0 Å². The molecule has 28 heavy (non-hydrogen) atoms. The van der Waals surface area contributed by atoms with E-state index in [1.165, 1.54) is 37.6 Å². The first-order valence-corrected chi connectivity index (χ1v) is 8.04. The Morgan fingerprint density at radius 2 is 1.89 bits per heavy atom. The molecule has 0 bridgehead atoms. The molecule has 2 aromatic rings. The van der Waals surface area contributed by atoms with E-state index < -0.39 is 29.5 Å². The van der Waals surface area contributed by atoms with E-state index in [4.69, 9.17) is 4.84 Å². The number of rotatable bonds is 7. The van der Waals surface area contributed by atoms with Gasteiger partial charge >= 0.3 is 12.1 Å². The first kappa shape index (κ1) is 20.9. The number of halogens is 3. The minimum absolute atomic E-state index is 0.130. The predicted octanol–water partition coefficient (Wildman–Crippen LogP) is 4.25. The molecule has 0 aliphatic rings. The van der Waals surface area contributed by atoms with Gasteiger partial charge in [0.2, 0.25) is 0 Å². The van der Waals surface area contributed by atoms with Gasteiger partial charge in [0.1, 0.15) is 7.11 Å². The lowest BCUT2D eigenvalue weighted by Crippen LogP contribution is -2.19. The van der Waals surface area contributed by atoms with Crippen molar-refractivity contribution in [3.63, 3.8) is 0 Å². The maximum absolute atomic E-state index is 13.1. The van der Waals surface area contributed by atoms with Crippen molar-refractivity contribution in [2.75, 3.05) is 7.11 Å². The molecular weight excluding hydrogens is 377 g/mol. The summed E-state index contributed by atoms with van der Waals surface area (Å²) in [4.78, 5) is 21.6. The lowest BCUT2D eigenvalue weighted by Gasteiger charge is -2.20. The molecule has 148 valence electrons. The molecule has 0 radical (unpaired) electrons. The minimum atomic E-state index is -4.54. The van der Waals surface area contributed by atoms with E-state index in [1.54, 1.807) is 19.1 Å². The third-order valence-corrected chi connectivity index (χ3v) is 3.67. The number of hydrogen-bond donors (Lipinski definition) is 1. The maximum atomic E-state index is 13.1. The molecule has 0 fully saturated rings. The van der Waals surface area contributed by atoms with E-state index in [0.29, 0.717) is 0 Å². The first-order chi connectivity index (χ1) is 13.3. The van der Waals surface area contributed by atoms with Gasteiger partial charge in [-0.2, -0.15) is 13.2 Å². The van der Waals surface area contributed by atoms with Gasteiger partial charge < -0.3 is 14.8 Å². The zero-order chi connectivity index (χ0) is 20.7. The molecule has 0 aliphatic heterocycles. The Kier molecular flexibility index (Phi) is 6.75. The molecule has 1 N–H and O–H groups in total. The number of carboxylic acids is 1. The fraction of sp³-hybridized carbons (Fsp3) is 0.211. The van der Waals surface area contributed by atoms with Gasteiger partial charge in [-0.05, 0) is 19.1 Å².